The number of nitrogens with one attached hydrogen (secondary N) is 2. The summed E-state index contributed by atoms with van der Waals surface area (Å²) in [7, 11) is 0. The Morgan fingerprint density at radius 1 is 1.33 bits per heavy atom. The van der Waals surface area contributed by atoms with Gasteiger partial charge in [-0.3, -0.25) is 14.7 Å². The number of nitrogens with zero attached hydrogens (tertiary/aromatic N) is 3. The first-order valence-electron chi connectivity index (χ1n) is 9.41. The summed E-state index contributed by atoms with van der Waals surface area (Å²) < 4.78 is 0. The predicted octanol–water partition coefficient (Wildman–Crippen LogP) is 1.91. The van der Waals surface area contributed by atoms with E-state index in [9.17, 15) is 9.59 Å². The highest BCUT2D eigenvalue weighted by molar-refractivity contribution is 5.93. The Morgan fingerprint density at radius 3 is 2.78 bits per heavy atom. The van der Waals surface area contributed by atoms with Crippen molar-refractivity contribution in [1.29, 1.82) is 0 Å². The van der Waals surface area contributed by atoms with E-state index in [0.29, 0.717) is 31.2 Å². The third-order valence-corrected chi connectivity index (χ3v) is 4.74. The van der Waals surface area contributed by atoms with Crippen LogP contribution in [0.2, 0.25) is 0 Å². The van der Waals surface area contributed by atoms with Crippen molar-refractivity contribution in [1.82, 2.24) is 20.1 Å². The van der Waals surface area contributed by atoms with Gasteiger partial charge in [0.05, 0.1) is 12.5 Å². The van der Waals surface area contributed by atoms with E-state index in [0.717, 1.165) is 37.1 Å². The lowest BCUT2D eigenvalue weighted by molar-refractivity contribution is -0.134. The second-order valence-electron chi connectivity index (χ2n) is 6.81. The molecule has 0 spiro atoms. The van der Waals surface area contributed by atoms with Crippen molar-refractivity contribution in [3.63, 3.8) is 0 Å². The molecule has 144 valence electrons. The van der Waals surface area contributed by atoms with Gasteiger partial charge < -0.3 is 16.0 Å². The van der Waals surface area contributed by atoms with Crippen LogP contribution in [-0.4, -0.2) is 45.0 Å². The van der Waals surface area contributed by atoms with Gasteiger partial charge in [-0.1, -0.05) is 6.92 Å². The molecule has 1 aliphatic rings. The molecule has 8 heteroatoms. The number of hydrogen-bond donors (Lipinski definition) is 3. The average Bonchev–Trinajstić information content (AvgIpc) is 3.18. The largest absolute Gasteiger partial charge is 0.342 e. The van der Waals surface area contributed by atoms with E-state index in [1.54, 1.807) is 0 Å². The van der Waals surface area contributed by atoms with Crippen LogP contribution < -0.4 is 11.1 Å². The maximum absolute atomic E-state index is 12.6. The SMILES string of the molecule is CCCC(=O)N1CCCC(C(=O)Nc2ccc(-c3n[nH]c(CN)n3)cc2)C1. The third-order valence-electron chi connectivity index (χ3n) is 4.74. The molecule has 1 aromatic heterocycles. The number of likely N-dealkylation sites (tertiary alicyclic amines) is 1. The Labute approximate surface area is 158 Å². The lowest BCUT2D eigenvalue weighted by Crippen LogP contribution is -2.43. The van der Waals surface area contributed by atoms with Gasteiger partial charge in [-0.25, -0.2) is 4.98 Å². The second kappa shape index (κ2) is 8.77. The summed E-state index contributed by atoms with van der Waals surface area (Å²) in [6.45, 7) is 3.55. The zero-order valence-corrected chi connectivity index (χ0v) is 15.6. The van der Waals surface area contributed by atoms with Crippen LogP contribution in [0, 0.1) is 5.92 Å². The third kappa shape index (κ3) is 4.71. The van der Waals surface area contributed by atoms with Crippen molar-refractivity contribution in [3.8, 4) is 11.4 Å². The van der Waals surface area contributed by atoms with Gasteiger partial charge >= 0.3 is 0 Å². The number of amides is 2. The van der Waals surface area contributed by atoms with Crippen LogP contribution in [-0.2, 0) is 16.1 Å². The first-order chi connectivity index (χ1) is 13.1. The van der Waals surface area contributed by atoms with E-state index in [-0.39, 0.29) is 17.7 Å². The van der Waals surface area contributed by atoms with Crippen LogP contribution in [0.3, 0.4) is 0 Å². The highest BCUT2D eigenvalue weighted by Crippen LogP contribution is 2.21. The number of piperidine rings is 1. The minimum atomic E-state index is -0.167. The van der Waals surface area contributed by atoms with Crippen LogP contribution in [0.4, 0.5) is 5.69 Å². The van der Waals surface area contributed by atoms with Crippen LogP contribution in [0.15, 0.2) is 24.3 Å². The zero-order valence-electron chi connectivity index (χ0n) is 15.6. The van der Waals surface area contributed by atoms with Crippen LogP contribution in [0.5, 0.6) is 0 Å². The first-order valence-corrected chi connectivity index (χ1v) is 9.41. The van der Waals surface area contributed by atoms with Crippen molar-refractivity contribution < 1.29 is 9.59 Å². The van der Waals surface area contributed by atoms with Crippen molar-refractivity contribution in [3.05, 3.63) is 30.1 Å². The van der Waals surface area contributed by atoms with Gasteiger partial charge in [0, 0.05) is 30.8 Å². The number of nitrogens with two attached hydrogens (primary N) is 1. The average molecular weight is 370 g/mol. The Bertz CT molecular complexity index is 786. The number of anilines is 1. The fourth-order valence-corrected chi connectivity index (χ4v) is 3.25. The van der Waals surface area contributed by atoms with Crippen molar-refractivity contribution >= 4 is 17.5 Å². The van der Waals surface area contributed by atoms with Gasteiger partial charge in [0.25, 0.3) is 0 Å². The number of carbonyl (C=O) groups is 2. The molecule has 1 unspecified atom stereocenters. The van der Waals surface area contributed by atoms with E-state index in [2.05, 4.69) is 20.5 Å². The van der Waals surface area contributed by atoms with Gasteiger partial charge in [-0.05, 0) is 43.5 Å². The Morgan fingerprint density at radius 2 is 2.11 bits per heavy atom. The molecule has 0 saturated carbocycles. The molecule has 3 rings (SSSR count). The van der Waals surface area contributed by atoms with Crippen LogP contribution >= 0.6 is 0 Å². The van der Waals surface area contributed by atoms with Crippen molar-refractivity contribution in [2.75, 3.05) is 18.4 Å². The molecule has 1 aliphatic heterocycles. The summed E-state index contributed by atoms with van der Waals surface area (Å²) in [6, 6.07) is 7.37. The molecule has 2 heterocycles. The van der Waals surface area contributed by atoms with Gasteiger partial charge in [-0.2, -0.15) is 5.10 Å². The number of H-pyrrole nitrogens is 1. The van der Waals surface area contributed by atoms with E-state index in [1.807, 2.05) is 36.1 Å². The van der Waals surface area contributed by atoms with Gasteiger partial charge in [0.1, 0.15) is 5.82 Å². The number of rotatable bonds is 6. The normalized spacial score (nSPS) is 17.0. The van der Waals surface area contributed by atoms with Gasteiger partial charge in [-0.15, -0.1) is 0 Å². The fourth-order valence-electron chi connectivity index (χ4n) is 3.25. The zero-order chi connectivity index (χ0) is 19.2. The standard InChI is InChI=1S/C19H26N6O2/c1-2-4-17(26)25-10-3-5-14(12-25)19(27)21-15-8-6-13(7-9-15)18-22-16(11-20)23-24-18/h6-9,14H,2-5,10-12,20H2,1H3,(H,21,27)(H,22,23,24). The summed E-state index contributed by atoms with van der Waals surface area (Å²) in [4.78, 5) is 30.8. The molecular weight excluding hydrogens is 344 g/mol. The topological polar surface area (TPSA) is 117 Å². The molecule has 1 saturated heterocycles. The van der Waals surface area contributed by atoms with E-state index in [1.165, 1.54) is 0 Å². The Hall–Kier alpha value is -2.74. The number of aromatic amines is 1. The fraction of sp³-hybridized carbons (Fsp3) is 0.474. The van der Waals surface area contributed by atoms with Crippen molar-refractivity contribution in [2.45, 2.75) is 39.2 Å². The van der Waals surface area contributed by atoms with Crippen LogP contribution in [0.1, 0.15) is 38.4 Å². The van der Waals surface area contributed by atoms with Crippen molar-refractivity contribution in [2.24, 2.45) is 11.7 Å². The minimum absolute atomic E-state index is 0.0416. The summed E-state index contributed by atoms with van der Waals surface area (Å²) in [5, 5.41) is 9.85. The molecule has 4 N–H and O–H groups in total. The van der Waals surface area contributed by atoms with E-state index >= 15 is 0 Å². The molecule has 1 atom stereocenters. The molecule has 27 heavy (non-hydrogen) atoms. The number of benzene rings is 1. The number of carbonyl (C=O) groups excluding carboxylic acids is 2. The predicted molar refractivity (Wildman–Crippen MR) is 103 cm³/mol. The molecule has 2 aromatic rings. The maximum atomic E-state index is 12.6. The molecule has 0 bridgehead atoms. The second-order valence-corrected chi connectivity index (χ2v) is 6.81. The molecule has 0 radical (unpaired) electrons. The Balaban J connectivity index is 1.59. The lowest BCUT2D eigenvalue weighted by Gasteiger charge is -2.32. The summed E-state index contributed by atoms with van der Waals surface area (Å²) >= 11 is 0. The number of hydrogen-bond acceptors (Lipinski definition) is 5. The van der Waals surface area contributed by atoms with E-state index in [4.69, 9.17) is 5.73 Å². The summed E-state index contributed by atoms with van der Waals surface area (Å²) in [5.41, 5.74) is 7.09. The molecule has 0 aliphatic carbocycles. The van der Waals surface area contributed by atoms with Gasteiger partial charge in [0.15, 0.2) is 5.82 Å². The maximum Gasteiger partial charge on any atom is 0.229 e. The molecular formula is C19H26N6O2. The quantitative estimate of drug-likeness (QED) is 0.718. The Kier molecular flexibility index (Phi) is 6.18. The summed E-state index contributed by atoms with van der Waals surface area (Å²) in [5.74, 6) is 1.13. The molecule has 8 nitrogen and oxygen atoms in total. The molecule has 1 aromatic carbocycles. The molecule has 2 amide bonds. The smallest absolute Gasteiger partial charge is 0.229 e. The molecule has 1 fully saturated rings. The highest BCUT2D eigenvalue weighted by atomic mass is 16.2. The van der Waals surface area contributed by atoms with E-state index < -0.39 is 0 Å². The van der Waals surface area contributed by atoms with Crippen LogP contribution in [0.25, 0.3) is 11.4 Å². The monoisotopic (exact) mass is 370 g/mol. The van der Waals surface area contributed by atoms with Gasteiger partial charge in [0.2, 0.25) is 11.8 Å². The highest BCUT2D eigenvalue weighted by Gasteiger charge is 2.28. The summed E-state index contributed by atoms with van der Waals surface area (Å²) in [6.07, 6.45) is 3.04. The minimum Gasteiger partial charge on any atom is -0.342 e. The number of aromatic nitrogens is 3. The first kappa shape index (κ1) is 19.0. The lowest BCUT2D eigenvalue weighted by atomic mass is 9.96.